The molecule has 0 N–H and O–H groups in total. The lowest BCUT2D eigenvalue weighted by Gasteiger charge is -2.33. The molecule has 2 unspecified atom stereocenters. The predicted molar refractivity (Wildman–Crippen MR) is 130 cm³/mol. The van der Waals surface area contributed by atoms with E-state index in [1.807, 2.05) is 36.4 Å². The fourth-order valence-electron chi connectivity index (χ4n) is 4.15. The molecule has 0 aliphatic carbocycles. The monoisotopic (exact) mass is 489 g/mol. The average Bonchev–Trinajstić information content (AvgIpc) is 2.95. The number of thioether (sulfide) groups is 1. The van der Waals surface area contributed by atoms with E-state index >= 15 is 0 Å². The summed E-state index contributed by atoms with van der Waals surface area (Å²) in [5.74, 6) is 0.0267. The van der Waals surface area contributed by atoms with Crippen molar-refractivity contribution < 1.29 is 19.1 Å². The van der Waals surface area contributed by atoms with Crippen LogP contribution in [0.5, 0.6) is 5.75 Å². The molecule has 2 heterocycles. The highest BCUT2D eigenvalue weighted by Crippen LogP contribution is 2.49. The molecule has 176 valence electrons. The number of methoxy groups -OCH3 is 2. The smallest absolute Gasteiger partial charge is 0.264 e. The number of halogens is 1. The van der Waals surface area contributed by atoms with Gasteiger partial charge in [-0.3, -0.25) is 14.5 Å². The number of nitrogens with zero attached hydrogens (tertiary/aromatic N) is 3. The summed E-state index contributed by atoms with van der Waals surface area (Å²) in [6.07, 6.45) is -0.858. The molecule has 0 saturated carbocycles. The van der Waals surface area contributed by atoms with E-state index in [1.54, 1.807) is 13.2 Å². The fourth-order valence-corrected chi connectivity index (χ4v) is 5.85. The minimum atomic E-state index is -0.858. The Balaban J connectivity index is 1.70. The van der Waals surface area contributed by atoms with Crippen LogP contribution < -0.4 is 9.64 Å². The number of para-hydroxylation sites is 1. The second-order valence-electron chi connectivity index (χ2n) is 8.20. The predicted octanol–water partition coefficient (Wildman–Crippen LogP) is 3.32. The summed E-state index contributed by atoms with van der Waals surface area (Å²) in [7, 11) is 5.17. The number of ether oxygens (including phenoxy) is 2. The molecular weight excluding hydrogens is 462 g/mol. The lowest BCUT2D eigenvalue weighted by Crippen LogP contribution is -2.52. The highest BCUT2D eigenvalue weighted by atomic mass is 35.5. The van der Waals surface area contributed by atoms with E-state index in [-0.39, 0.29) is 17.7 Å². The Morgan fingerprint density at radius 2 is 1.79 bits per heavy atom. The maximum absolute atomic E-state index is 13.8. The number of carbonyl (C=O) groups is 2. The van der Waals surface area contributed by atoms with Crippen LogP contribution >= 0.6 is 23.4 Å². The van der Waals surface area contributed by atoms with E-state index < -0.39 is 12.0 Å². The zero-order valence-corrected chi connectivity index (χ0v) is 20.6. The number of fused-ring (bicyclic) bond motifs is 1. The van der Waals surface area contributed by atoms with Crippen molar-refractivity contribution in [1.29, 1.82) is 0 Å². The number of rotatable bonds is 5. The molecule has 9 heteroatoms. The van der Waals surface area contributed by atoms with Crippen LogP contribution in [0.4, 0.5) is 5.69 Å². The fraction of sp³-hybridized carbons (Fsp3) is 0.417. The molecule has 0 spiro atoms. The number of likely N-dealkylation sites (N-methyl/N-ethyl adjacent to an activating group) is 1. The maximum Gasteiger partial charge on any atom is 0.264 e. The van der Waals surface area contributed by atoms with Crippen LogP contribution in [0.1, 0.15) is 10.8 Å². The molecule has 2 aliphatic rings. The molecular formula is C24H28ClN3O4S. The molecule has 2 atom stereocenters. The van der Waals surface area contributed by atoms with E-state index in [1.165, 1.54) is 23.8 Å². The van der Waals surface area contributed by atoms with Crippen molar-refractivity contribution in [2.45, 2.75) is 16.2 Å². The SMILES string of the molecule is COc1ccc(C2Sc3cccc(Cl)c3N(C(=O)CN3CCN(C)CC3)C(=O)C2OC)cc1. The minimum Gasteiger partial charge on any atom is -0.497 e. The van der Waals surface area contributed by atoms with Crippen molar-refractivity contribution in [2.75, 3.05) is 58.9 Å². The Kier molecular flexibility index (Phi) is 7.61. The van der Waals surface area contributed by atoms with Crippen LogP contribution in [0.2, 0.25) is 5.02 Å². The standard InChI is InChI=1S/C24H28ClN3O4S/c1-26-11-13-27(14-12-26)15-20(29)28-21-18(25)5-4-6-19(21)33-23(22(32-3)24(28)30)16-7-9-17(31-2)10-8-16/h4-10,22-23H,11-15H2,1-3H3. The number of amides is 2. The van der Waals surface area contributed by atoms with Gasteiger partial charge in [0.1, 0.15) is 5.75 Å². The first-order valence-corrected chi connectivity index (χ1v) is 12.1. The van der Waals surface area contributed by atoms with Gasteiger partial charge in [0.2, 0.25) is 5.91 Å². The van der Waals surface area contributed by atoms with Crippen LogP contribution in [-0.4, -0.2) is 81.7 Å². The number of carbonyl (C=O) groups excluding carboxylic acids is 2. The minimum absolute atomic E-state index is 0.151. The molecule has 1 fully saturated rings. The molecule has 2 aromatic rings. The van der Waals surface area contributed by atoms with Crippen molar-refractivity contribution in [3.05, 3.63) is 53.1 Å². The van der Waals surface area contributed by atoms with Crippen molar-refractivity contribution >= 4 is 40.9 Å². The Labute approximate surface area is 203 Å². The Hall–Kier alpha value is -2.10. The van der Waals surface area contributed by atoms with Gasteiger partial charge in [0.15, 0.2) is 6.10 Å². The Morgan fingerprint density at radius 1 is 1.09 bits per heavy atom. The van der Waals surface area contributed by atoms with Gasteiger partial charge in [-0.05, 0) is 36.9 Å². The van der Waals surface area contributed by atoms with E-state index in [2.05, 4.69) is 16.8 Å². The number of anilines is 1. The zero-order chi connectivity index (χ0) is 23.5. The van der Waals surface area contributed by atoms with Gasteiger partial charge in [-0.15, -0.1) is 11.8 Å². The van der Waals surface area contributed by atoms with Gasteiger partial charge in [0.25, 0.3) is 5.91 Å². The first kappa shape index (κ1) is 24.0. The Bertz CT molecular complexity index is 1010. The third-order valence-electron chi connectivity index (χ3n) is 6.07. The molecule has 33 heavy (non-hydrogen) atoms. The van der Waals surface area contributed by atoms with Crippen LogP contribution in [0.3, 0.4) is 0 Å². The van der Waals surface area contributed by atoms with Gasteiger partial charge in [0.05, 0.1) is 29.6 Å². The number of piperazine rings is 1. The van der Waals surface area contributed by atoms with Crippen molar-refractivity contribution in [1.82, 2.24) is 9.80 Å². The molecule has 1 saturated heterocycles. The van der Waals surface area contributed by atoms with Gasteiger partial charge in [-0.1, -0.05) is 29.8 Å². The molecule has 0 radical (unpaired) electrons. The van der Waals surface area contributed by atoms with Crippen LogP contribution in [0.15, 0.2) is 47.4 Å². The summed E-state index contributed by atoms with van der Waals surface area (Å²) in [6, 6.07) is 13.0. The van der Waals surface area contributed by atoms with E-state index in [0.717, 1.165) is 42.4 Å². The van der Waals surface area contributed by atoms with E-state index in [0.29, 0.717) is 10.7 Å². The molecule has 2 amide bonds. The summed E-state index contributed by atoms with van der Waals surface area (Å²) in [6.45, 7) is 3.47. The van der Waals surface area contributed by atoms with Crippen LogP contribution in [-0.2, 0) is 14.3 Å². The molecule has 2 aromatic carbocycles. The van der Waals surface area contributed by atoms with Crippen molar-refractivity contribution in [3.8, 4) is 5.75 Å². The first-order valence-electron chi connectivity index (χ1n) is 10.8. The molecule has 0 bridgehead atoms. The van der Waals surface area contributed by atoms with Gasteiger partial charge >= 0.3 is 0 Å². The highest BCUT2D eigenvalue weighted by molar-refractivity contribution is 7.99. The van der Waals surface area contributed by atoms with Crippen molar-refractivity contribution in [3.63, 3.8) is 0 Å². The number of benzene rings is 2. The van der Waals surface area contributed by atoms with Gasteiger partial charge in [0, 0.05) is 38.2 Å². The molecule has 0 aromatic heterocycles. The average molecular weight is 490 g/mol. The second-order valence-corrected chi connectivity index (χ2v) is 9.79. The summed E-state index contributed by atoms with van der Waals surface area (Å²) in [5.41, 5.74) is 1.34. The highest BCUT2D eigenvalue weighted by Gasteiger charge is 2.42. The van der Waals surface area contributed by atoms with Crippen LogP contribution in [0.25, 0.3) is 0 Å². The quantitative estimate of drug-likeness (QED) is 0.638. The first-order chi connectivity index (χ1) is 15.9. The van der Waals surface area contributed by atoms with E-state index in [9.17, 15) is 9.59 Å². The van der Waals surface area contributed by atoms with Gasteiger partial charge in [-0.2, -0.15) is 0 Å². The summed E-state index contributed by atoms with van der Waals surface area (Å²) in [5, 5.41) is 0.0115. The summed E-state index contributed by atoms with van der Waals surface area (Å²) in [4.78, 5) is 33.6. The molecule has 2 aliphatic heterocycles. The maximum atomic E-state index is 13.8. The summed E-state index contributed by atoms with van der Waals surface area (Å²) >= 11 is 8.05. The normalized spacial score (nSPS) is 22.1. The number of hydrogen-bond acceptors (Lipinski definition) is 7. The van der Waals surface area contributed by atoms with Crippen molar-refractivity contribution in [2.24, 2.45) is 0 Å². The van der Waals surface area contributed by atoms with Gasteiger partial charge in [-0.25, -0.2) is 4.90 Å². The van der Waals surface area contributed by atoms with E-state index in [4.69, 9.17) is 21.1 Å². The zero-order valence-electron chi connectivity index (χ0n) is 19.0. The summed E-state index contributed by atoms with van der Waals surface area (Å²) < 4.78 is 11.0. The lowest BCUT2D eigenvalue weighted by molar-refractivity contribution is -0.133. The Morgan fingerprint density at radius 3 is 2.42 bits per heavy atom. The molecule has 7 nitrogen and oxygen atoms in total. The topological polar surface area (TPSA) is 62.3 Å². The lowest BCUT2D eigenvalue weighted by atomic mass is 10.1. The second kappa shape index (κ2) is 10.4. The van der Waals surface area contributed by atoms with Gasteiger partial charge < -0.3 is 14.4 Å². The number of imide groups is 1. The largest absolute Gasteiger partial charge is 0.497 e. The number of hydrogen-bond donors (Lipinski definition) is 0. The van der Waals surface area contributed by atoms with Crippen LogP contribution in [0, 0.1) is 0 Å². The molecule has 4 rings (SSSR count). The third-order valence-corrected chi connectivity index (χ3v) is 7.73. The third kappa shape index (κ3) is 5.05.